The second-order valence-corrected chi connectivity index (χ2v) is 4.16. The number of para-hydroxylation sites is 2. The smallest absolute Gasteiger partial charge is 0.387 e. The number of halogens is 2. The zero-order valence-electron chi connectivity index (χ0n) is 10.9. The van der Waals surface area contributed by atoms with Crippen molar-refractivity contribution in [2.24, 2.45) is 0 Å². The van der Waals surface area contributed by atoms with Crippen LogP contribution in [-0.2, 0) is 11.3 Å². The molecule has 2 aromatic rings. The Labute approximate surface area is 119 Å². The number of nitrogens with one attached hydrogen (secondary N) is 1. The lowest BCUT2D eigenvalue weighted by Gasteiger charge is -2.10. The molecule has 1 aromatic carbocycles. The van der Waals surface area contributed by atoms with Crippen LogP contribution in [-0.4, -0.2) is 17.6 Å². The number of rotatable bonds is 5. The maximum atomic E-state index is 12.3. The van der Waals surface area contributed by atoms with Crippen LogP contribution in [0.15, 0.2) is 48.8 Å². The molecule has 2 rings (SSSR count). The average Bonchev–Trinajstić information content (AvgIpc) is 2.40. The molecule has 0 bridgehead atoms. The number of alkyl halides is 2. The zero-order valence-corrected chi connectivity index (χ0v) is 10.9. The summed E-state index contributed by atoms with van der Waals surface area (Å²) in [6.45, 7) is -3.04. The van der Waals surface area contributed by atoms with Gasteiger partial charge < -0.3 is 15.2 Å². The van der Waals surface area contributed by atoms with Crippen LogP contribution < -0.4 is 14.6 Å². The maximum absolute atomic E-state index is 12.3. The van der Waals surface area contributed by atoms with E-state index in [1.165, 1.54) is 35.0 Å². The molecule has 7 heteroatoms. The molecule has 21 heavy (non-hydrogen) atoms. The molecular weight excluding hydrogens is 282 g/mol. The van der Waals surface area contributed by atoms with E-state index in [0.717, 1.165) is 0 Å². The van der Waals surface area contributed by atoms with Gasteiger partial charge in [-0.25, -0.2) is 0 Å². The zero-order chi connectivity index (χ0) is 15.2. The number of pyridine rings is 1. The molecule has 1 amide bonds. The number of anilines is 1. The van der Waals surface area contributed by atoms with Gasteiger partial charge >= 0.3 is 6.61 Å². The Bertz CT molecular complexity index is 635. The van der Waals surface area contributed by atoms with E-state index in [0.29, 0.717) is 0 Å². The number of benzene rings is 1. The van der Waals surface area contributed by atoms with Gasteiger partial charge in [-0.15, -0.1) is 0 Å². The number of carbonyl (C=O) groups is 1. The number of hydrogen-bond acceptors (Lipinski definition) is 3. The summed E-state index contributed by atoms with van der Waals surface area (Å²) in [4.78, 5) is 11.9. The maximum Gasteiger partial charge on any atom is 0.387 e. The van der Waals surface area contributed by atoms with E-state index in [-0.39, 0.29) is 23.7 Å². The van der Waals surface area contributed by atoms with Crippen LogP contribution >= 0.6 is 0 Å². The molecule has 0 unspecified atom stereocenters. The van der Waals surface area contributed by atoms with E-state index >= 15 is 0 Å². The summed E-state index contributed by atoms with van der Waals surface area (Å²) in [5.41, 5.74) is 0.156. The third kappa shape index (κ3) is 4.41. The van der Waals surface area contributed by atoms with Crippen molar-refractivity contribution in [1.29, 1.82) is 0 Å². The Hall–Kier alpha value is -2.70. The number of hydrogen-bond donors (Lipinski definition) is 2. The van der Waals surface area contributed by atoms with E-state index in [1.54, 1.807) is 18.3 Å². The highest BCUT2D eigenvalue weighted by Crippen LogP contribution is 2.25. The standard InChI is InChI=1S/C14H12F2N2O3/c15-14(16)21-12-6-2-1-5-11(12)17-13(20)9-18-7-3-4-10(19)8-18/h1-8,14H,9H2,(H-,17,19,20)/p+1. The van der Waals surface area contributed by atoms with Crippen molar-refractivity contribution in [2.75, 3.05) is 5.32 Å². The molecule has 0 aliphatic carbocycles. The summed E-state index contributed by atoms with van der Waals surface area (Å²) in [5, 5.41) is 11.8. The topological polar surface area (TPSA) is 62.4 Å². The van der Waals surface area contributed by atoms with Gasteiger partial charge in [-0.05, 0) is 18.2 Å². The van der Waals surface area contributed by atoms with Crippen molar-refractivity contribution in [3.05, 3.63) is 48.8 Å². The molecular formula is C14H13F2N2O3+. The highest BCUT2D eigenvalue weighted by atomic mass is 19.3. The first-order valence-corrected chi connectivity index (χ1v) is 6.06. The van der Waals surface area contributed by atoms with E-state index in [2.05, 4.69) is 10.1 Å². The molecule has 5 nitrogen and oxygen atoms in total. The molecule has 0 radical (unpaired) electrons. The highest BCUT2D eigenvalue weighted by Gasteiger charge is 2.14. The summed E-state index contributed by atoms with van der Waals surface area (Å²) in [7, 11) is 0. The van der Waals surface area contributed by atoms with Crippen molar-refractivity contribution < 1.29 is 28.0 Å². The van der Waals surface area contributed by atoms with Crippen LogP contribution in [0.1, 0.15) is 0 Å². The molecule has 0 spiro atoms. The molecule has 2 N–H and O–H groups in total. The van der Waals surface area contributed by atoms with Gasteiger partial charge in [0.05, 0.1) is 5.69 Å². The third-order valence-corrected chi connectivity index (χ3v) is 2.55. The normalized spacial score (nSPS) is 10.4. The molecule has 0 aliphatic rings. The fraction of sp³-hybridized carbons (Fsp3) is 0.143. The minimum absolute atomic E-state index is 0.0201. The number of nitrogens with zero attached hydrogens (tertiary/aromatic N) is 1. The Morgan fingerprint density at radius 2 is 2.05 bits per heavy atom. The number of carbonyl (C=O) groups excluding carboxylic acids is 1. The molecule has 110 valence electrons. The number of ether oxygens (including phenoxy) is 1. The molecule has 0 saturated heterocycles. The summed E-state index contributed by atoms with van der Waals surface area (Å²) in [5.74, 6) is -0.524. The van der Waals surface area contributed by atoms with Crippen molar-refractivity contribution in [3.8, 4) is 11.5 Å². The van der Waals surface area contributed by atoms with Crippen molar-refractivity contribution in [1.82, 2.24) is 0 Å². The van der Waals surface area contributed by atoms with Crippen molar-refractivity contribution in [2.45, 2.75) is 13.2 Å². The molecule has 0 fully saturated rings. The first kappa shape index (κ1) is 14.7. The monoisotopic (exact) mass is 295 g/mol. The van der Waals surface area contributed by atoms with E-state index < -0.39 is 12.5 Å². The van der Waals surface area contributed by atoms with Gasteiger partial charge in [0.2, 0.25) is 12.7 Å². The van der Waals surface area contributed by atoms with Crippen LogP contribution in [0.4, 0.5) is 14.5 Å². The van der Waals surface area contributed by atoms with Crippen LogP contribution in [0.3, 0.4) is 0 Å². The van der Waals surface area contributed by atoms with Crippen molar-refractivity contribution in [3.63, 3.8) is 0 Å². The first-order chi connectivity index (χ1) is 10.0. The molecule has 1 heterocycles. The minimum atomic E-state index is -2.97. The summed E-state index contributed by atoms with van der Waals surface area (Å²) in [6, 6.07) is 8.97. The SMILES string of the molecule is O=C(C[n+]1cccc(O)c1)Nc1ccccc1OC(F)F. The Morgan fingerprint density at radius 3 is 2.76 bits per heavy atom. The molecule has 0 atom stereocenters. The fourth-order valence-corrected chi connectivity index (χ4v) is 1.73. The van der Waals surface area contributed by atoms with Crippen LogP contribution in [0.2, 0.25) is 0 Å². The van der Waals surface area contributed by atoms with Crippen LogP contribution in [0, 0.1) is 0 Å². The Kier molecular flexibility index (Phi) is 4.65. The van der Waals surface area contributed by atoms with Crippen molar-refractivity contribution >= 4 is 11.6 Å². The van der Waals surface area contributed by atoms with Crippen LogP contribution in [0.5, 0.6) is 11.5 Å². The average molecular weight is 295 g/mol. The van der Waals surface area contributed by atoms with E-state index in [4.69, 9.17) is 0 Å². The number of aromatic hydroxyl groups is 1. The van der Waals surface area contributed by atoms with Gasteiger partial charge in [-0.3, -0.25) is 4.79 Å². The second kappa shape index (κ2) is 6.65. The van der Waals surface area contributed by atoms with Gasteiger partial charge in [0.25, 0.3) is 5.91 Å². The molecule has 1 aromatic heterocycles. The van der Waals surface area contributed by atoms with Gasteiger partial charge in [-0.1, -0.05) is 12.1 Å². The first-order valence-electron chi connectivity index (χ1n) is 6.06. The van der Waals surface area contributed by atoms with Crippen LogP contribution in [0.25, 0.3) is 0 Å². The lowest BCUT2D eigenvalue weighted by Crippen LogP contribution is -2.39. The van der Waals surface area contributed by atoms with Gasteiger partial charge in [0.1, 0.15) is 5.75 Å². The van der Waals surface area contributed by atoms with Gasteiger partial charge in [-0.2, -0.15) is 13.3 Å². The quantitative estimate of drug-likeness (QED) is 0.828. The summed E-state index contributed by atoms with van der Waals surface area (Å²) in [6.07, 6.45) is 2.97. The third-order valence-electron chi connectivity index (χ3n) is 2.55. The number of amides is 1. The second-order valence-electron chi connectivity index (χ2n) is 4.16. The van der Waals surface area contributed by atoms with Gasteiger partial charge in [0, 0.05) is 6.07 Å². The van der Waals surface area contributed by atoms with E-state index in [1.807, 2.05) is 0 Å². The summed E-state index contributed by atoms with van der Waals surface area (Å²) >= 11 is 0. The minimum Gasteiger partial charge on any atom is -0.503 e. The summed E-state index contributed by atoms with van der Waals surface area (Å²) < 4.78 is 30.3. The van der Waals surface area contributed by atoms with E-state index in [9.17, 15) is 18.7 Å². The largest absolute Gasteiger partial charge is 0.503 e. The predicted octanol–water partition coefficient (Wildman–Crippen LogP) is 1.92. The molecule has 0 saturated carbocycles. The Morgan fingerprint density at radius 1 is 1.29 bits per heavy atom. The lowest BCUT2D eigenvalue weighted by atomic mass is 10.3. The molecule has 0 aliphatic heterocycles. The fourth-order valence-electron chi connectivity index (χ4n) is 1.73. The lowest BCUT2D eigenvalue weighted by molar-refractivity contribution is -0.684. The van der Waals surface area contributed by atoms with Gasteiger partial charge in [0.15, 0.2) is 11.9 Å². The highest BCUT2D eigenvalue weighted by molar-refractivity contribution is 5.91. The predicted molar refractivity (Wildman–Crippen MR) is 70.0 cm³/mol. The Balaban J connectivity index is 2.06. The number of aromatic nitrogens is 1.